The second-order valence-electron chi connectivity index (χ2n) is 7.66. The monoisotopic (exact) mass is 419 g/mol. The Hall–Kier alpha value is -2.38. The normalized spacial score (nSPS) is 11.9. The first-order valence-electron chi connectivity index (χ1n) is 9.59. The molecule has 0 aliphatic rings. The van der Waals surface area contributed by atoms with Crippen molar-refractivity contribution in [1.82, 2.24) is 4.72 Å². The standard InChI is InChI=1S/C22H29NO5S/c1-5-27-19-10-12-20(13-11-19)29(25,26)23-15-14-21(24)28-16-17-6-8-18(9-7-17)22(2,3)4/h6-13,23H,5,14-16H2,1-4H3. The number of carbonyl (C=O) groups excluding carboxylic acids is 1. The molecule has 0 amide bonds. The molecule has 1 N–H and O–H groups in total. The lowest BCUT2D eigenvalue weighted by Crippen LogP contribution is -2.26. The van der Waals surface area contributed by atoms with E-state index in [4.69, 9.17) is 9.47 Å². The highest BCUT2D eigenvalue weighted by molar-refractivity contribution is 7.89. The van der Waals surface area contributed by atoms with Gasteiger partial charge in [-0.3, -0.25) is 4.79 Å². The second-order valence-corrected chi connectivity index (χ2v) is 9.43. The molecule has 0 unspecified atom stereocenters. The van der Waals surface area contributed by atoms with E-state index in [-0.39, 0.29) is 29.9 Å². The first-order valence-corrected chi connectivity index (χ1v) is 11.1. The largest absolute Gasteiger partial charge is 0.494 e. The molecule has 29 heavy (non-hydrogen) atoms. The van der Waals surface area contributed by atoms with Crippen molar-refractivity contribution in [2.45, 2.75) is 51.0 Å². The average Bonchev–Trinajstić information content (AvgIpc) is 2.66. The zero-order valence-electron chi connectivity index (χ0n) is 17.4. The first kappa shape index (κ1) is 22.9. The van der Waals surface area contributed by atoms with E-state index in [1.807, 2.05) is 31.2 Å². The summed E-state index contributed by atoms with van der Waals surface area (Å²) in [6, 6.07) is 14.0. The number of carbonyl (C=O) groups is 1. The van der Waals surface area contributed by atoms with Crippen LogP contribution in [0.5, 0.6) is 5.75 Å². The number of sulfonamides is 1. The summed E-state index contributed by atoms with van der Waals surface area (Å²) in [6.45, 7) is 8.90. The van der Waals surface area contributed by atoms with Crippen LogP contribution in [0.2, 0.25) is 0 Å². The highest BCUT2D eigenvalue weighted by atomic mass is 32.2. The van der Waals surface area contributed by atoms with Crippen LogP contribution in [0, 0.1) is 0 Å². The molecule has 0 aromatic heterocycles. The van der Waals surface area contributed by atoms with Gasteiger partial charge >= 0.3 is 5.97 Å². The molecule has 158 valence electrons. The van der Waals surface area contributed by atoms with Gasteiger partial charge < -0.3 is 9.47 Å². The fourth-order valence-electron chi connectivity index (χ4n) is 2.59. The Bertz CT molecular complexity index is 898. The van der Waals surface area contributed by atoms with Gasteiger partial charge in [-0.05, 0) is 47.7 Å². The van der Waals surface area contributed by atoms with Crippen molar-refractivity contribution < 1.29 is 22.7 Å². The SMILES string of the molecule is CCOc1ccc(S(=O)(=O)NCCC(=O)OCc2ccc(C(C)(C)C)cc2)cc1. The summed E-state index contributed by atoms with van der Waals surface area (Å²) in [5.41, 5.74) is 2.16. The first-order chi connectivity index (χ1) is 13.6. The zero-order chi connectivity index (χ0) is 21.5. The van der Waals surface area contributed by atoms with E-state index in [9.17, 15) is 13.2 Å². The molecule has 6 nitrogen and oxygen atoms in total. The fourth-order valence-corrected chi connectivity index (χ4v) is 3.62. The van der Waals surface area contributed by atoms with Gasteiger partial charge in [-0.25, -0.2) is 13.1 Å². The predicted molar refractivity (Wildman–Crippen MR) is 112 cm³/mol. The Morgan fingerprint density at radius 2 is 1.62 bits per heavy atom. The average molecular weight is 420 g/mol. The maximum absolute atomic E-state index is 12.3. The summed E-state index contributed by atoms with van der Waals surface area (Å²) < 4.78 is 37.5. The highest BCUT2D eigenvalue weighted by Crippen LogP contribution is 2.22. The molecule has 0 aliphatic carbocycles. The van der Waals surface area contributed by atoms with Gasteiger partial charge in [0.25, 0.3) is 0 Å². The van der Waals surface area contributed by atoms with Crippen LogP contribution in [-0.2, 0) is 31.6 Å². The van der Waals surface area contributed by atoms with Crippen LogP contribution in [0.15, 0.2) is 53.4 Å². The van der Waals surface area contributed by atoms with Gasteiger partial charge in [0, 0.05) is 6.54 Å². The van der Waals surface area contributed by atoms with Crippen molar-refractivity contribution in [3.05, 3.63) is 59.7 Å². The molecule has 0 saturated heterocycles. The van der Waals surface area contributed by atoms with Crippen molar-refractivity contribution in [2.75, 3.05) is 13.2 Å². The Balaban J connectivity index is 1.78. The lowest BCUT2D eigenvalue weighted by Gasteiger charge is -2.19. The summed E-state index contributed by atoms with van der Waals surface area (Å²) in [4.78, 5) is 12.0. The molecule has 0 aliphatic heterocycles. The summed E-state index contributed by atoms with van der Waals surface area (Å²) in [5, 5.41) is 0. The van der Waals surface area contributed by atoms with E-state index in [1.165, 1.54) is 17.7 Å². The molecule has 0 spiro atoms. The van der Waals surface area contributed by atoms with Crippen LogP contribution < -0.4 is 9.46 Å². The number of hydrogen-bond donors (Lipinski definition) is 1. The third-order valence-corrected chi connectivity index (χ3v) is 5.76. The minimum Gasteiger partial charge on any atom is -0.494 e. The van der Waals surface area contributed by atoms with Crippen molar-refractivity contribution in [2.24, 2.45) is 0 Å². The number of esters is 1. The third kappa shape index (κ3) is 7.18. The van der Waals surface area contributed by atoms with Crippen LogP contribution in [0.3, 0.4) is 0 Å². The maximum atomic E-state index is 12.3. The molecule has 0 heterocycles. The topological polar surface area (TPSA) is 81.7 Å². The quantitative estimate of drug-likeness (QED) is 0.625. The van der Waals surface area contributed by atoms with Gasteiger partial charge in [-0.1, -0.05) is 45.0 Å². The zero-order valence-corrected chi connectivity index (χ0v) is 18.2. The molecular weight excluding hydrogens is 390 g/mol. The molecule has 0 atom stereocenters. The van der Waals surface area contributed by atoms with Gasteiger partial charge in [0.2, 0.25) is 10.0 Å². The number of nitrogens with one attached hydrogen (secondary N) is 1. The van der Waals surface area contributed by atoms with Gasteiger partial charge in [-0.2, -0.15) is 0 Å². The molecule has 0 saturated carbocycles. The van der Waals surface area contributed by atoms with Crippen molar-refractivity contribution in [3.8, 4) is 5.75 Å². The Morgan fingerprint density at radius 3 is 2.17 bits per heavy atom. The molecular formula is C22H29NO5S. The van der Waals surface area contributed by atoms with Crippen LogP contribution in [0.25, 0.3) is 0 Å². The van der Waals surface area contributed by atoms with E-state index in [0.717, 1.165) is 5.56 Å². The van der Waals surface area contributed by atoms with E-state index in [1.54, 1.807) is 12.1 Å². The molecule has 7 heteroatoms. The molecule has 2 aromatic carbocycles. The van der Waals surface area contributed by atoms with Crippen molar-refractivity contribution >= 4 is 16.0 Å². The van der Waals surface area contributed by atoms with Crippen LogP contribution in [0.1, 0.15) is 45.2 Å². The lowest BCUT2D eigenvalue weighted by molar-refractivity contribution is -0.144. The summed E-state index contributed by atoms with van der Waals surface area (Å²) in [5.74, 6) is 0.143. The molecule has 0 radical (unpaired) electrons. The smallest absolute Gasteiger partial charge is 0.307 e. The Labute approximate surface area is 173 Å². The minimum absolute atomic E-state index is 0.0304. The number of hydrogen-bond acceptors (Lipinski definition) is 5. The lowest BCUT2D eigenvalue weighted by atomic mass is 9.87. The summed E-state index contributed by atoms with van der Waals surface area (Å²) in [7, 11) is -3.69. The van der Waals surface area contributed by atoms with Crippen LogP contribution >= 0.6 is 0 Å². The van der Waals surface area contributed by atoms with E-state index < -0.39 is 16.0 Å². The fraction of sp³-hybridized carbons (Fsp3) is 0.409. The van der Waals surface area contributed by atoms with E-state index in [2.05, 4.69) is 25.5 Å². The number of rotatable bonds is 9. The van der Waals surface area contributed by atoms with E-state index >= 15 is 0 Å². The molecule has 2 aromatic rings. The molecule has 0 bridgehead atoms. The third-order valence-electron chi connectivity index (χ3n) is 4.29. The maximum Gasteiger partial charge on any atom is 0.307 e. The Morgan fingerprint density at radius 1 is 1.00 bits per heavy atom. The van der Waals surface area contributed by atoms with Crippen molar-refractivity contribution in [1.29, 1.82) is 0 Å². The minimum atomic E-state index is -3.69. The van der Waals surface area contributed by atoms with Gasteiger partial charge in [0.05, 0.1) is 17.9 Å². The Kier molecular flexibility index (Phi) is 7.81. The van der Waals surface area contributed by atoms with Gasteiger partial charge in [0.1, 0.15) is 12.4 Å². The van der Waals surface area contributed by atoms with E-state index in [0.29, 0.717) is 12.4 Å². The van der Waals surface area contributed by atoms with Gasteiger partial charge in [-0.15, -0.1) is 0 Å². The van der Waals surface area contributed by atoms with Gasteiger partial charge in [0.15, 0.2) is 0 Å². The van der Waals surface area contributed by atoms with Crippen LogP contribution in [0.4, 0.5) is 0 Å². The number of benzene rings is 2. The predicted octanol–water partition coefficient (Wildman–Crippen LogP) is 3.79. The summed E-state index contributed by atoms with van der Waals surface area (Å²) in [6.07, 6.45) is -0.0453. The highest BCUT2D eigenvalue weighted by Gasteiger charge is 2.15. The summed E-state index contributed by atoms with van der Waals surface area (Å²) >= 11 is 0. The van der Waals surface area contributed by atoms with Crippen LogP contribution in [-0.4, -0.2) is 27.5 Å². The molecule has 2 rings (SSSR count). The second kappa shape index (κ2) is 9.89. The van der Waals surface area contributed by atoms with Crippen molar-refractivity contribution in [3.63, 3.8) is 0 Å². The molecule has 0 fully saturated rings. The number of ether oxygens (including phenoxy) is 2.